The molecule has 16 heavy (non-hydrogen) atoms. The first-order chi connectivity index (χ1) is 7.49. The quantitative estimate of drug-likeness (QED) is 0.543. The third-order valence-electron chi connectivity index (χ3n) is 2.82. The predicted octanol–water partition coefficient (Wildman–Crippen LogP) is -1.00. The molecule has 0 saturated carbocycles. The van der Waals surface area contributed by atoms with Gasteiger partial charge in [0.2, 0.25) is 5.91 Å². The van der Waals surface area contributed by atoms with Crippen LogP contribution in [0.4, 0.5) is 0 Å². The number of nitrogens with one attached hydrogen (secondary N) is 1. The Balaban J connectivity index is 2.23. The standard InChI is InChI=1S/C10H19N3O3/c1-13(5-4-9(14)15)6-7-2-3-8(12-7)10(11)16/h7-8,12H,2-6H2,1H3,(H2,11,16)(H,14,15). The summed E-state index contributed by atoms with van der Waals surface area (Å²) in [4.78, 5) is 23.2. The van der Waals surface area contributed by atoms with Crippen LogP contribution in [0.25, 0.3) is 0 Å². The van der Waals surface area contributed by atoms with Crippen LogP contribution >= 0.6 is 0 Å². The average molecular weight is 229 g/mol. The van der Waals surface area contributed by atoms with Crippen molar-refractivity contribution in [2.45, 2.75) is 31.3 Å². The van der Waals surface area contributed by atoms with Crippen LogP contribution in [-0.4, -0.2) is 54.1 Å². The van der Waals surface area contributed by atoms with Crippen molar-refractivity contribution in [1.82, 2.24) is 10.2 Å². The molecule has 1 saturated heterocycles. The van der Waals surface area contributed by atoms with Gasteiger partial charge in [-0.2, -0.15) is 0 Å². The second kappa shape index (κ2) is 5.81. The maximum absolute atomic E-state index is 10.9. The molecule has 0 aromatic rings. The summed E-state index contributed by atoms with van der Waals surface area (Å²) in [7, 11) is 1.88. The van der Waals surface area contributed by atoms with Gasteiger partial charge in [0, 0.05) is 19.1 Å². The normalized spacial score (nSPS) is 24.9. The molecule has 6 nitrogen and oxygen atoms in total. The summed E-state index contributed by atoms with van der Waals surface area (Å²) >= 11 is 0. The first-order valence-corrected chi connectivity index (χ1v) is 5.44. The van der Waals surface area contributed by atoms with Gasteiger partial charge in [-0.05, 0) is 19.9 Å². The Morgan fingerprint density at radius 2 is 2.19 bits per heavy atom. The van der Waals surface area contributed by atoms with Crippen LogP contribution in [0.2, 0.25) is 0 Å². The number of carboxylic acids is 1. The Morgan fingerprint density at radius 3 is 2.69 bits per heavy atom. The van der Waals surface area contributed by atoms with Gasteiger partial charge in [-0.3, -0.25) is 9.59 Å². The highest BCUT2D eigenvalue weighted by Crippen LogP contribution is 2.12. The van der Waals surface area contributed by atoms with Crippen LogP contribution in [0.1, 0.15) is 19.3 Å². The summed E-state index contributed by atoms with van der Waals surface area (Å²) in [6, 6.07) is 0.00849. The van der Waals surface area contributed by atoms with Crippen LogP contribution in [0.5, 0.6) is 0 Å². The van der Waals surface area contributed by atoms with E-state index >= 15 is 0 Å². The van der Waals surface area contributed by atoms with Gasteiger partial charge in [0.05, 0.1) is 12.5 Å². The van der Waals surface area contributed by atoms with E-state index in [1.54, 1.807) is 0 Å². The zero-order valence-electron chi connectivity index (χ0n) is 9.48. The van der Waals surface area contributed by atoms with Crippen molar-refractivity contribution in [2.75, 3.05) is 20.1 Å². The van der Waals surface area contributed by atoms with Gasteiger partial charge in [0.1, 0.15) is 0 Å². The highest BCUT2D eigenvalue weighted by Gasteiger charge is 2.27. The summed E-state index contributed by atoms with van der Waals surface area (Å²) in [6.07, 6.45) is 1.82. The summed E-state index contributed by atoms with van der Waals surface area (Å²) < 4.78 is 0. The fourth-order valence-electron chi connectivity index (χ4n) is 1.94. The minimum Gasteiger partial charge on any atom is -0.481 e. The Kier molecular flexibility index (Phi) is 4.70. The number of nitrogens with two attached hydrogens (primary N) is 1. The Hall–Kier alpha value is -1.14. The lowest BCUT2D eigenvalue weighted by Gasteiger charge is -2.20. The lowest BCUT2D eigenvalue weighted by molar-refractivity contribution is -0.137. The molecule has 92 valence electrons. The lowest BCUT2D eigenvalue weighted by atomic mass is 10.2. The molecule has 1 heterocycles. The molecule has 1 aliphatic heterocycles. The summed E-state index contributed by atoms with van der Waals surface area (Å²) in [5, 5.41) is 11.7. The average Bonchev–Trinajstić information content (AvgIpc) is 2.63. The van der Waals surface area contributed by atoms with E-state index in [0.29, 0.717) is 6.54 Å². The van der Waals surface area contributed by atoms with Crippen molar-refractivity contribution < 1.29 is 14.7 Å². The lowest BCUT2D eigenvalue weighted by Crippen LogP contribution is -2.43. The van der Waals surface area contributed by atoms with E-state index in [0.717, 1.165) is 19.4 Å². The van der Waals surface area contributed by atoms with Crippen molar-refractivity contribution in [3.63, 3.8) is 0 Å². The zero-order chi connectivity index (χ0) is 12.1. The molecule has 0 aliphatic carbocycles. The van der Waals surface area contributed by atoms with Gasteiger partial charge in [-0.25, -0.2) is 0 Å². The number of aliphatic carboxylic acids is 1. The maximum atomic E-state index is 10.9. The first kappa shape index (κ1) is 12.9. The van der Waals surface area contributed by atoms with Gasteiger partial charge in [0.25, 0.3) is 0 Å². The van der Waals surface area contributed by atoms with Gasteiger partial charge < -0.3 is 21.1 Å². The molecule has 1 rings (SSSR count). The number of primary amides is 1. The molecular formula is C10H19N3O3. The molecule has 4 N–H and O–H groups in total. The Morgan fingerprint density at radius 1 is 1.50 bits per heavy atom. The van der Waals surface area contributed by atoms with E-state index in [9.17, 15) is 9.59 Å². The Bertz CT molecular complexity index is 270. The van der Waals surface area contributed by atoms with E-state index < -0.39 is 5.97 Å². The smallest absolute Gasteiger partial charge is 0.304 e. The van der Waals surface area contributed by atoms with E-state index in [4.69, 9.17) is 10.8 Å². The first-order valence-electron chi connectivity index (χ1n) is 5.44. The molecule has 2 atom stereocenters. The molecular weight excluding hydrogens is 210 g/mol. The number of nitrogens with zero attached hydrogens (tertiary/aromatic N) is 1. The third-order valence-corrected chi connectivity index (χ3v) is 2.82. The highest BCUT2D eigenvalue weighted by molar-refractivity contribution is 5.80. The molecule has 0 bridgehead atoms. The van der Waals surface area contributed by atoms with Crippen LogP contribution < -0.4 is 11.1 Å². The summed E-state index contributed by atoms with van der Waals surface area (Å²) in [5.41, 5.74) is 5.20. The van der Waals surface area contributed by atoms with Crippen molar-refractivity contribution >= 4 is 11.9 Å². The third kappa shape index (κ3) is 4.16. The number of hydrogen-bond acceptors (Lipinski definition) is 4. The van der Waals surface area contributed by atoms with Crippen molar-refractivity contribution in [2.24, 2.45) is 5.73 Å². The topological polar surface area (TPSA) is 95.7 Å². The van der Waals surface area contributed by atoms with E-state index in [1.807, 2.05) is 11.9 Å². The minimum absolute atomic E-state index is 0.141. The van der Waals surface area contributed by atoms with Gasteiger partial charge in [-0.15, -0.1) is 0 Å². The number of hydrogen-bond donors (Lipinski definition) is 3. The fraction of sp³-hybridized carbons (Fsp3) is 0.800. The van der Waals surface area contributed by atoms with Crippen molar-refractivity contribution in [1.29, 1.82) is 0 Å². The van der Waals surface area contributed by atoms with Gasteiger partial charge >= 0.3 is 5.97 Å². The molecule has 2 unspecified atom stereocenters. The van der Waals surface area contributed by atoms with Crippen molar-refractivity contribution in [3.8, 4) is 0 Å². The van der Waals surface area contributed by atoms with Gasteiger partial charge in [-0.1, -0.05) is 0 Å². The van der Waals surface area contributed by atoms with E-state index in [-0.39, 0.29) is 24.4 Å². The predicted molar refractivity (Wildman–Crippen MR) is 58.9 cm³/mol. The Labute approximate surface area is 94.8 Å². The van der Waals surface area contributed by atoms with Crippen molar-refractivity contribution in [3.05, 3.63) is 0 Å². The number of carboxylic acid groups (broad SMARTS) is 1. The van der Waals surface area contributed by atoms with Crippen LogP contribution in [0.15, 0.2) is 0 Å². The van der Waals surface area contributed by atoms with Gasteiger partial charge in [0.15, 0.2) is 0 Å². The molecule has 0 radical (unpaired) electrons. The number of carbonyl (C=O) groups excluding carboxylic acids is 1. The minimum atomic E-state index is -0.791. The highest BCUT2D eigenvalue weighted by atomic mass is 16.4. The largest absolute Gasteiger partial charge is 0.481 e. The molecule has 6 heteroatoms. The number of likely N-dealkylation sites (N-methyl/N-ethyl adjacent to an activating group) is 1. The SMILES string of the molecule is CN(CCC(=O)O)CC1CCC(C(N)=O)N1. The van der Waals surface area contributed by atoms with E-state index in [2.05, 4.69) is 5.32 Å². The summed E-state index contributed by atoms with van der Waals surface area (Å²) in [6.45, 7) is 1.27. The van der Waals surface area contributed by atoms with Crippen LogP contribution in [-0.2, 0) is 9.59 Å². The fourth-order valence-corrected chi connectivity index (χ4v) is 1.94. The zero-order valence-corrected chi connectivity index (χ0v) is 9.48. The molecule has 1 fully saturated rings. The molecule has 1 amide bonds. The number of carbonyl (C=O) groups is 2. The molecule has 0 aromatic carbocycles. The maximum Gasteiger partial charge on any atom is 0.304 e. The van der Waals surface area contributed by atoms with E-state index in [1.165, 1.54) is 0 Å². The molecule has 0 aromatic heterocycles. The number of rotatable bonds is 6. The van der Waals surface area contributed by atoms with Crippen LogP contribution in [0, 0.1) is 0 Å². The van der Waals surface area contributed by atoms with Crippen LogP contribution in [0.3, 0.4) is 0 Å². The second-order valence-corrected chi connectivity index (χ2v) is 4.30. The summed E-state index contributed by atoms with van der Waals surface area (Å²) in [5.74, 6) is -1.10. The monoisotopic (exact) mass is 229 g/mol. The molecule has 1 aliphatic rings. The number of amides is 1. The second-order valence-electron chi connectivity index (χ2n) is 4.30. The molecule has 0 spiro atoms.